The molecule has 0 bridgehead atoms. The van der Waals surface area contributed by atoms with Crippen molar-refractivity contribution in [2.75, 3.05) is 9.80 Å². The van der Waals surface area contributed by atoms with Gasteiger partial charge in [0.1, 0.15) is 0 Å². The van der Waals surface area contributed by atoms with Gasteiger partial charge < -0.3 is 9.80 Å². The summed E-state index contributed by atoms with van der Waals surface area (Å²) in [6.45, 7) is 9.50. The van der Waals surface area contributed by atoms with Gasteiger partial charge >= 0.3 is 0 Å². The van der Waals surface area contributed by atoms with Gasteiger partial charge in [0, 0.05) is 22.2 Å². The minimum atomic E-state index is -0.186. The lowest BCUT2D eigenvalue weighted by Crippen LogP contribution is -2.30. The number of benzene rings is 15. The van der Waals surface area contributed by atoms with Gasteiger partial charge in [0.25, 0.3) is 0 Å². The molecule has 0 spiro atoms. The summed E-state index contributed by atoms with van der Waals surface area (Å²) in [5.74, 6) is 0. The zero-order valence-electron chi connectivity index (χ0n) is 44.0. The van der Waals surface area contributed by atoms with Crippen LogP contribution in [-0.4, -0.2) is 0 Å². The van der Waals surface area contributed by atoms with Gasteiger partial charge in [0.2, 0.25) is 0 Å². The first-order chi connectivity index (χ1) is 38.2. The third-order valence-electron chi connectivity index (χ3n) is 18.5. The number of anilines is 6. The molecule has 15 aromatic carbocycles. The lowest BCUT2D eigenvalue weighted by molar-refractivity contribution is 0.632. The fourth-order valence-corrected chi connectivity index (χ4v) is 14.9. The van der Waals surface area contributed by atoms with E-state index in [0.717, 1.165) is 11.4 Å². The Hall–Kier alpha value is -9.50. The largest absolute Gasteiger partial charge is 0.310 e. The van der Waals surface area contributed by atoms with Crippen molar-refractivity contribution in [3.05, 3.63) is 265 Å². The maximum absolute atomic E-state index is 2.53. The van der Waals surface area contributed by atoms with E-state index >= 15 is 0 Å². The smallest absolute Gasteiger partial charge is 0.0502 e. The highest BCUT2D eigenvalue weighted by Crippen LogP contribution is 2.57. The summed E-state index contributed by atoms with van der Waals surface area (Å²) in [5, 5.41) is 20.3. The molecule has 0 N–H and O–H groups in total. The molecule has 78 heavy (non-hydrogen) atoms. The standard InChI is InChI=1S/C76H52N2/c1-75(2)61-19-5-9-23-65(61)77(66-24-10-6-20-62(66)75)51-35-41-57-59(43-51)73(55-39-33-49-29-27-45-15-13-17-47-31-37-53(55)71(49)69(45)47)58-42-36-52(78-67-25-11-7-21-63(67)76(3,4)64-22-8-12-26-68(64)78)44-60(58)74(57)56-40-34-50-30-28-46-16-14-18-48-32-38-54(56)72(50)70(46)48/h5-44H,1-4H3. The van der Waals surface area contributed by atoms with Crippen molar-refractivity contribution >= 4 is 120 Å². The highest BCUT2D eigenvalue weighted by molar-refractivity contribution is 6.32. The van der Waals surface area contributed by atoms with E-state index in [1.54, 1.807) is 0 Å². The predicted octanol–water partition coefficient (Wildman–Crippen LogP) is 21.3. The molecule has 15 aromatic rings. The molecule has 2 nitrogen and oxygen atoms in total. The van der Waals surface area contributed by atoms with Gasteiger partial charge in [0.15, 0.2) is 0 Å². The van der Waals surface area contributed by atoms with E-state index in [4.69, 9.17) is 0 Å². The molecule has 0 aromatic heterocycles. The Morgan fingerprint density at radius 2 is 0.538 bits per heavy atom. The second-order valence-electron chi connectivity index (χ2n) is 23.1. The highest BCUT2D eigenvalue weighted by atomic mass is 15.2. The van der Waals surface area contributed by atoms with E-state index in [0.29, 0.717) is 0 Å². The first kappa shape index (κ1) is 43.7. The summed E-state index contributed by atoms with van der Waals surface area (Å²) in [7, 11) is 0. The maximum atomic E-state index is 2.53. The minimum absolute atomic E-state index is 0.186. The molecule has 0 saturated carbocycles. The average Bonchev–Trinajstić information content (AvgIpc) is 3.67. The van der Waals surface area contributed by atoms with E-state index in [1.807, 2.05) is 0 Å². The first-order valence-corrected chi connectivity index (χ1v) is 27.6. The van der Waals surface area contributed by atoms with Crippen molar-refractivity contribution in [3.63, 3.8) is 0 Å². The Bertz CT molecular complexity index is 4610. The molecule has 0 aliphatic carbocycles. The molecule has 0 fully saturated rings. The van der Waals surface area contributed by atoms with E-state index in [2.05, 4.69) is 280 Å². The van der Waals surface area contributed by atoms with Crippen LogP contribution in [0.3, 0.4) is 0 Å². The Kier molecular flexibility index (Phi) is 8.72. The van der Waals surface area contributed by atoms with Crippen LogP contribution in [0.4, 0.5) is 34.1 Å². The number of hydrogen-bond donors (Lipinski definition) is 0. The fourth-order valence-electron chi connectivity index (χ4n) is 14.9. The summed E-state index contributed by atoms with van der Waals surface area (Å²) >= 11 is 0. The molecule has 2 heteroatoms. The van der Waals surface area contributed by atoms with Crippen molar-refractivity contribution < 1.29 is 0 Å². The zero-order chi connectivity index (χ0) is 51.8. The summed E-state index contributed by atoms with van der Waals surface area (Å²) in [4.78, 5) is 5.05. The van der Waals surface area contributed by atoms with Crippen LogP contribution < -0.4 is 9.80 Å². The number of nitrogens with zero attached hydrogens (tertiary/aromatic N) is 2. The topological polar surface area (TPSA) is 6.48 Å². The normalized spacial score (nSPS) is 14.6. The monoisotopic (exact) mass is 992 g/mol. The molecule has 2 aliphatic rings. The summed E-state index contributed by atoms with van der Waals surface area (Å²) in [5.41, 5.74) is 17.0. The molecular weight excluding hydrogens is 941 g/mol. The molecule has 17 rings (SSSR count). The Balaban J connectivity index is 1.05. The second-order valence-corrected chi connectivity index (χ2v) is 23.1. The number of para-hydroxylation sites is 4. The molecule has 2 aliphatic heterocycles. The second kappa shape index (κ2) is 15.6. The first-order valence-electron chi connectivity index (χ1n) is 27.6. The van der Waals surface area contributed by atoms with E-state index in [-0.39, 0.29) is 10.8 Å². The molecule has 0 unspecified atom stereocenters. The number of fused-ring (bicyclic) bond motifs is 6. The molecule has 366 valence electrons. The van der Waals surface area contributed by atoms with Crippen LogP contribution >= 0.6 is 0 Å². The Morgan fingerprint density at radius 1 is 0.244 bits per heavy atom. The molecule has 2 heterocycles. The van der Waals surface area contributed by atoms with Gasteiger partial charge in [-0.05, 0) is 179 Å². The van der Waals surface area contributed by atoms with E-state index in [9.17, 15) is 0 Å². The summed E-state index contributed by atoms with van der Waals surface area (Å²) < 4.78 is 0. The van der Waals surface area contributed by atoms with Gasteiger partial charge in [-0.1, -0.05) is 222 Å². The quantitative estimate of drug-likeness (QED) is 0.128. The van der Waals surface area contributed by atoms with Crippen LogP contribution in [0.5, 0.6) is 0 Å². The van der Waals surface area contributed by atoms with Gasteiger partial charge in [-0.2, -0.15) is 0 Å². The molecule has 0 saturated heterocycles. The Morgan fingerprint density at radius 3 is 0.897 bits per heavy atom. The predicted molar refractivity (Wildman–Crippen MR) is 333 cm³/mol. The SMILES string of the molecule is CC1(C)c2ccccc2N(c2ccc3c(-c4ccc5ccc6cccc7ccc4c5c67)c4cc(N5c6ccccc6C(C)(C)c6ccccc65)ccc4c(-c4ccc5ccc6cccc7ccc4c5c67)c3c2)c2ccccc21. The number of rotatable bonds is 4. The third kappa shape index (κ3) is 5.76. The molecule has 0 radical (unpaired) electrons. The van der Waals surface area contributed by atoms with Crippen LogP contribution in [0.1, 0.15) is 49.9 Å². The highest BCUT2D eigenvalue weighted by Gasteiger charge is 2.39. The van der Waals surface area contributed by atoms with E-state index < -0.39 is 0 Å². The van der Waals surface area contributed by atoms with Crippen molar-refractivity contribution in [1.82, 2.24) is 0 Å². The van der Waals surface area contributed by atoms with Gasteiger partial charge in [-0.15, -0.1) is 0 Å². The van der Waals surface area contributed by atoms with Gasteiger partial charge in [-0.3, -0.25) is 0 Å². The van der Waals surface area contributed by atoms with E-state index in [1.165, 1.54) is 153 Å². The fraction of sp³-hybridized carbons (Fsp3) is 0.0789. The zero-order valence-corrected chi connectivity index (χ0v) is 44.0. The third-order valence-corrected chi connectivity index (χ3v) is 18.5. The average molecular weight is 993 g/mol. The van der Waals surface area contributed by atoms with Crippen LogP contribution in [0.2, 0.25) is 0 Å². The summed E-state index contributed by atoms with van der Waals surface area (Å²) in [6.07, 6.45) is 0. The van der Waals surface area contributed by atoms with Crippen molar-refractivity contribution in [2.24, 2.45) is 0 Å². The van der Waals surface area contributed by atoms with Gasteiger partial charge in [-0.25, -0.2) is 0 Å². The van der Waals surface area contributed by atoms with Gasteiger partial charge in [0.05, 0.1) is 22.7 Å². The molecule has 0 amide bonds. The van der Waals surface area contributed by atoms with Crippen molar-refractivity contribution in [2.45, 2.75) is 38.5 Å². The number of hydrogen-bond acceptors (Lipinski definition) is 2. The van der Waals surface area contributed by atoms with Crippen molar-refractivity contribution in [3.8, 4) is 22.3 Å². The van der Waals surface area contributed by atoms with Crippen LogP contribution in [0.15, 0.2) is 243 Å². The summed E-state index contributed by atoms with van der Waals surface area (Å²) in [6, 6.07) is 92.7. The lowest BCUT2D eigenvalue weighted by atomic mass is 9.73. The minimum Gasteiger partial charge on any atom is -0.310 e. The molecule has 0 atom stereocenters. The molecular formula is C76H52N2. The van der Waals surface area contributed by atoms with Crippen LogP contribution in [0, 0.1) is 0 Å². The lowest BCUT2D eigenvalue weighted by Gasteiger charge is -2.42. The van der Waals surface area contributed by atoms with Crippen LogP contribution in [-0.2, 0) is 10.8 Å². The Labute approximate surface area is 453 Å². The maximum Gasteiger partial charge on any atom is 0.0502 e. The van der Waals surface area contributed by atoms with Crippen LogP contribution in [0.25, 0.3) is 108 Å². The van der Waals surface area contributed by atoms with Crippen molar-refractivity contribution in [1.29, 1.82) is 0 Å².